The molecule has 3 heteroatoms. The smallest absolute Gasteiger partial charge is 0.193 e. The number of hydrogen-bond donors (Lipinski definition) is 0. The maximum Gasteiger partial charge on any atom is 0.193 e. The first-order chi connectivity index (χ1) is 8.51. The molecule has 0 bridgehead atoms. The molecule has 0 aromatic carbocycles. The summed E-state index contributed by atoms with van der Waals surface area (Å²) in [5, 5.41) is 0.126. The van der Waals surface area contributed by atoms with Gasteiger partial charge in [0.25, 0.3) is 0 Å². The summed E-state index contributed by atoms with van der Waals surface area (Å²) in [6.45, 7) is 18.3. The molecule has 0 N–H and O–H groups in total. The molecule has 0 aliphatic heterocycles. The molecule has 0 aliphatic rings. The highest BCUT2D eigenvalue weighted by Gasteiger charge is 2.39. The van der Waals surface area contributed by atoms with E-state index in [2.05, 4.69) is 53.4 Å². The highest BCUT2D eigenvalue weighted by Crippen LogP contribution is 2.37. The van der Waals surface area contributed by atoms with Gasteiger partial charge in [0.05, 0.1) is 0 Å². The Morgan fingerprint density at radius 1 is 1.32 bits per heavy atom. The van der Waals surface area contributed by atoms with Crippen LogP contribution in [0.5, 0.6) is 0 Å². The summed E-state index contributed by atoms with van der Waals surface area (Å²) in [4.78, 5) is 11.8. The monoisotopic (exact) mass is 282 g/mol. The fraction of sp³-hybridized carbons (Fsp3) is 0.688. The molecule has 19 heavy (non-hydrogen) atoms. The van der Waals surface area contributed by atoms with Gasteiger partial charge in [0.2, 0.25) is 0 Å². The Balaban J connectivity index is 4.82. The molecule has 0 spiro atoms. The lowest BCUT2D eigenvalue weighted by Crippen LogP contribution is -2.45. The van der Waals surface area contributed by atoms with Crippen LogP contribution in [0.25, 0.3) is 0 Å². The first kappa shape index (κ1) is 18.3. The molecular weight excluding hydrogens is 252 g/mol. The summed E-state index contributed by atoms with van der Waals surface area (Å²) in [6, 6.07) is 0. The number of carbonyl (C=O) groups is 1. The van der Waals surface area contributed by atoms with E-state index in [1.54, 1.807) is 6.92 Å². The fourth-order valence-electron chi connectivity index (χ4n) is 1.45. The molecule has 0 amide bonds. The van der Waals surface area contributed by atoms with Crippen molar-refractivity contribution in [3.05, 3.63) is 24.3 Å². The maximum absolute atomic E-state index is 11.8. The number of rotatable bonds is 7. The van der Waals surface area contributed by atoms with Crippen molar-refractivity contribution >= 4 is 14.1 Å². The second-order valence-corrected chi connectivity index (χ2v) is 11.5. The zero-order chi connectivity index (χ0) is 15.3. The molecule has 0 fully saturated rings. The zero-order valence-electron chi connectivity index (χ0n) is 13.7. The van der Waals surface area contributed by atoms with Crippen LogP contribution in [0.3, 0.4) is 0 Å². The Bertz CT molecular complexity index is 348. The largest absolute Gasteiger partial charge is 0.407 e. The van der Waals surface area contributed by atoms with Gasteiger partial charge in [-0.05, 0) is 44.8 Å². The summed E-state index contributed by atoms with van der Waals surface area (Å²) >= 11 is 0. The molecule has 0 saturated heterocycles. The van der Waals surface area contributed by atoms with Crippen LogP contribution in [0.2, 0.25) is 18.1 Å². The summed E-state index contributed by atoms with van der Waals surface area (Å²) in [5.74, 6) is 0.118. The molecular formula is C16H30O2Si. The lowest BCUT2D eigenvalue weighted by atomic mass is 10.1. The Hall–Kier alpha value is -0.673. The Labute approximate surface area is 120 Å². The van der Waals surface area contributed by atoms with Gasteiger partial charge in [0.1, 0.15) is 6.10 Å². The van der Waals surface area contributed by atoms with Crippen molar-refractivity contribution in [1.29, 1.82) is 0 Å². The number of carbonyl (C=O) groups excluding carboxylic acids is 1. The van der Waals surface area contributed by atoms with Crippen LogP contribution in [-0.4, -0.2) is 20.2 Å². The van der Waals surface area contributed by atoms with Crippen LogP contribution in [-0.2, 0) is 9.22 Å². The fourth-order valence-corrected chi connectivity index (χ4v) is 2.78. The molecule has 2 nitrogen and oxygen atoms in total. The molecule has 0 aliphatic carbocycles. The van der Waals surface area contributed by atoms with Gasteiger partial charge in [0.15, 0.2) is 14.1 Å². The molecule has 0 rings (SSSR count). The van der Waals surface area contributed by atoms with Crippen molar-refractivity contribution in [2.24, 2.45) is 0 Å². The van der Waals surface area contributed by atoms with E-state index in [1.165, 1.54) is 5.57 Å². The van der Waals surface area contributed by atoms with Gasteiger partial charge in [-0.1, -0.05) is 38.5 Å². The van der Waals surface area contributed by atoms with Crippen LogP contribution in [0.4, 0.5) is 0 Å². The van der Waals surface area contributed by atoms with Crippen molar-refractivity contribution in [2.45, 2.75) is 71.7 Å². The van der Waals surface area contributed by atoms with Gasteiger partial charge < -0.3 is 4.43 Å². The van der Waals surface area contributed by atoms with Crippen molar-refractivity contribution in [3.8, 4) is 0 Å². The number of hydrogen-bond acceptors (Lipinski definition) is 2. The minimum Gasteiger partial charge on any atom is -0.407 e. The van der Waals surface area contributed by atoms with E-state index in [0.29, 0.717) is 6.42 Å². The van der Waals surface area contributed by atoms with Crippen molar-refractivity contribution in [1.82, 2.24) is 0 Å². The third-order valence-corrected chi connectivity index (χ3v) is 8.33. The molecule has 1 atom stereocenters. The van der Waals surface area contributed by atoms with E-state index in [0.717, 1.165) is 6.42 Å². The average molecular weight is 282 g/mol. The van der Waals surface area contributed by atoms with Crippen LogP contribution < -0.4 is 0 Å². The van der Waals surface area contributed by atoms with Crippen molar-refractivity contribution in [3.63, 3.8) is 0 Å². The van der Waals surface area contributed by atoms with E-state index in [1.807, 2.05) is 6.08 Å². The summed E-state index contributed by atoms with van der Waals surface area (Å²) < 4.78 is 6.21. The highest BCUT2D eigenvalue weighted by molar-refractivity contribution is 6.74. The van der Waals surface area contributed by atoms with Gasteiger partial charge in [-0.3, -0.25) is 4.79 Å². The summed E-state index contributed by atoms with van der Waals surface area (Å²) in [6.07, 6.45) is 5.21. The average Bonchev–Trinajstić information content (AvgIpc) is 2.22. The predicted molar refractivity (Wildman–Crippen MR) is 85.9 cm³/mol. The zero-order valence-corrected chi connectivity index (χ0v) is 14.7. The van der Waals surface area contributed by atoms with E-state index in [9.17, 15) is 4.79 Å². The summed E-state index contributed by atoms with van der Waals surface area (Å²) in [5.41, 5.74) is 1.24. The van der Waals surface area contributed by atoms with Gasteiger partial charge in [-0.25, -0.2) is 0 Å². The lowest BCUT2D eigenvalue weighted by Gasteiger charge is -2.38. The normalized spacial score (nSPS) is 15.2. The lowest BCUT2D eigenvalue weighted by molar-refractivity contribution is -0.124. The third-order valence-electron chi connectivity index (χ3n) is 3.84. The SMILES string of the molecule is C=CCC(C)=CCC(O[Si](C)(C)C(C)(C)C)C(C)=O. The first-order valence-corrected chi connectivity index (χ1v) is 9.87. The second kappa shape index (κ2) is 7.20. The molecule has 110 valence electrons. The van der Waals surface area contributed by atoms with E-state index < -0.39 is 8.32 Å². The highest BCUT2D eigenvalue weighted by atomic mass is 28.4. The molecule has 0 radical (unpaired) electrons. The standard InChI is InChI=1S/C16H30O2Si/c1-9-10-13(2)11-12-15(14(3)17)18-19(7,8)16(4,5)6/h9,11,15H,1,10,12H2,2-8H3. The number of Topliss-reactive ketones (excluding diaryl/α,β-unsaturated/α-hetero) is 1. The topological polar surface area (TPSA) is 26.3 Å². The first-order valence-electron chi connectivity index (χ1n) is 6.96. The van der Waals surface area contributed by atoms with Crippen LogP contribution in [0.15, 0.2) is 24.3 Å². The van der Waals surface area contributed by atoms with E-state index in [-0.39, 0.29) is 16.9 Å². The molecule has 0 heterocycles. The van der Waals surface area contributed by atoms with E-state index in [4.69, 9.17) is 4.43 Å². The minimum atomic E-state index is -1.89. The van der Waals surface area contributed by atoms with Crippen molar-refractivity contribution < 1.29 is 9.22 Å². The Morgan fingerprint density at radius 2 is 1.84 bits per heavy atom. The second-order valence-electron chi connectivity index (χ2n) is 6.76. The van der Waals surface area contributed by atoms with Gasteiger partial charge in [-0.15, -0.1) is 6.58 Å². The Morgan fingerprint density at radius 3 is 2.21 bits per heavy atom. The van der Waals surface area contributed by atoms with Gasteiger partial charge in [0, 0.05) is 0 Å². The van der Waals surface area contributed by atoms with E-state index >= 15 is 0 Å². The summed E-state index contributed by atoms with van der Waals surface area (Å²) in [7, 11) is -1.89. The van der Waals surface area contributed by atoms with Crippen LogP contribution >= 0.6 is 0 Å². The molecule has 0 saturated carbocycles. The molecule has 0 aromatic rings. The maximum atomic E-state index is 11.8. The number of ketones is 1. The quantitative estimate of drug-likeness (QED) is 0.491. The minimum absolute atomic E-state index is 0.118. The van der Waals surface area contributed by atoms with Gasteiger partial charge in [-0.2, -0.15) is 0 Å². The molecule has 1 unspecified atom stereocenters. The van der Waals surface area contributed by atoms with Crippen molar-refractivity contribution in [2.75, 3.05) is 0 Å². The third kappa shape index (κ3) is 6.35. The number of allylic oxidation sites excluding steroid dienone is 2. The Kier molecular flexibility index (Phi) is 6.95. The molecule has 0 aromatic heterocycles. The van der Waals surface area contributed by atoms with Gasteiger partial charge >= 0.3 is 0 Å². The van der Waals surface area contributed by atoms with Crippen LogP contribution in [0, 0.1) is 0 Å². The predicted octanol–water partition coefficient (Wildman–Crippen LogP) is 4.88. The van der Waals surface area contributed by atoms with Crippen LogP contribution in [0.1, 0.15) is 47.5 Å².